The van der Waals surface area contributed by atoms with E-state index in [1.165, 1.54) is 7.11 Å². The van der Waals surface area contributed by atoms with Crippen LogP contribution in [-0.2, 0) is 44.7 Å². The molecule has 0 saturated carbocycles. The molecular formula is C51H82N2O8. The molecule has 0 heterocycles. The van der Waals surface area contributed by atoms with Crippen molar-refractivity contribution in [1.82, 2.24) is 5.32 Å². The summed E-state index contributed by atoms with van der Waals surface area (Å²) < 4.78 is 11.2. The van der Waals surface area contributed by atoms with E-state index in [-0.39, 0.29) is 65.7 Å². The van der Waals surface area contributed by atoms with Crippen molar-refractivity contribution in [1.29, 1.82) is 0 Å². The Morgan fingerprint density at radius 3 is 2.11 bits per heavy atom. The predicted molar refractivity (Wildman–Crippen MR) is 244 cm³/mol. The first-order valence-electron chi connectivity index (χ1n) is 23.4. The summed E-state index contributed by atoms with van der Waals surface area (Å²) in [4.78, 5) is 79.6. The van der Waals surface area contributed by atoms with Gasteiger partial charge in [-0.25, -0.2) is 0 Å². The van der Waals surface area contributed by atoms with Gasteiger partial charge in [0.15, 0.2) is 17.7 Å². The Morgan fingerprint density at radius 1 is 0.869 bits per heavy atom. The molecule has 0 radical (unpaired) electrons. The third kappa shape index (κ3) is 19.5. The Kier molecular flexibility index (Phi) is 24.0. The molecule has 1 amide bonds. The predicted octanol–water partition coefficient (Wildman–Crippen LogP) is 9.83. The molecule has 1 aliphatic rings. The third-order valence-electron chi connectivity index (χ3n) is 12.4. The van der Waals surface area contributed by atoms with Crippen LogP contribution in [0, 0.1) is 41.4 Å². The molecule has 0 saturated heterocycles. The first kappa shape index (κ1) is 53.5. The molecule has 2 rings (SSSR count). The number of nitrogens with two attached hydrogens (primary N) is 1. The number of rotatable bonds is 25. The highest BCUT2D eigenvalue weighted by molar-refractivity contribution is 5.90. The highest BCUT2D eigenvalue weighted by atomic mass is 16.5. The standard InChI is InChI=1S/C51H82N2O8/c1-12-36(9)48(45(55)22-14-13-18-41(25-32(2)3)50(58)60-11)53-47(57)31-44(52)40-24-23-35(8)28-46(56)49(37(10)39-19-15-17-38(29-39)30-40)61-51(59)42(26-33(4)5)20-16-21-43(54)27-34(6)7/h15,17,19,29,32-34,36-37,40-42,44,48-49H,8,12-14,16,18,20-28,30-31,52H2,1-7,9-11H3,(H,53,57)/t36-,37?,40-,41-,42-,44-,48-,49-/m0/s1. The molecule has 0 aromatic heterocycles. The van der Waals surface area contributed by atoms with Gasteiger partial charge in [-0.2, -0.15) is 0 Å². The average molecular weight is 851 g/mol. The van der Waals surface area contributed by atoms with Crippen molar-refractivity contribution in [3.05, 3.63) is 47.5 Å². The third-order valence-corrected chi connectivity index (χ3v) is 12.4. The molecule has 10 heteroatoms. The second kappa shape index (κ2) is 27.4. The lowest BCUT2D eigenvalue weighted by atomic mass is 9.82. The quantitative estimate of drug-likeness (QED) is 0.0555. The fraction of sp³-hybridized carbons (Fsp3) is 0.725. The molecule has 2 bridgehead atoms. The lowest BCUT2D eigenvalue weighted by Crippen LogP contribution is -2.47. The van der Waals surface area contributed by atoms with Crippen LogP contribution in [0.5, 0.6) is 0 Å². The normalized spacial score (nSPS) is 19.9. The molecule has 1 unspecified atom stereocenters. The summed E-state index contributed by atoms with van der Waals surface area (Å²) >= 11 is 0. The zero-order valence-corrected chi connectivity index (χ0v) is 39.5. The molecule has 0 fully saturated rings. The summed E-state index contributed by atoms with van der Waals surface area (Å²) in [6.45, 7) is 22.5. The van der Waals surface area contributed by atoms with Crippen LogP contribution in [0.3, 0.4) is 0 Å². The van der Waals surface area contributed by atoms with E-state index >= 15 is 0 Å². The van der Waals surface area contributed by atoms with Crippen LogP contribution in [0.25, 0.3) is 0 Å². The zero-order chi connectivity index (χ0) is 45.8. The smallest absolute Gasteiger partial charge is 0.309 e. The molecule has 1 aromatic rings. The largest absolute Gasteiger partial charge is 0.469 e. The van der Waals surface area contributed by atoms with Gasteiger partial charge in [0.25, 0.3) is 0 Å². The van der Waals surface area contributed by atoms with E-state index in [9.17, 15) is 28.8 Å². The van der Waals surface area contributed by atoms with Gasteiger partial charge in [-0.3, -0.25) is 28.8 Å². The molecule has 1 aromatic carbocycles. The van der Waals surface area contributed by atoms with Crippen molar-refractivity contribution >= 4 is 35.2 Å². The van der Waals surface area contributed by atoms with Crippen molar-refractivity contribution in [2.45, 2.75) is 189 Å². The zero-order valence-electron chi connectivity index (χ0n) is 39.5. The summed E-state index contributed by atoms with van der Waals surface area (Å²) in [7, 11) is 1.41. The number of fused-ring (bicyclic) bond motifs is 2. The number of Topliss-reactive ketones (excluding diaryl/α,β-unsaturated/α-hetero) is 3. The number of unbranched alkanes of at least 4 members (excludes halogenated alkanes) is 1. The van der Waals surface area contributed by atoms with E-state index in [2.05, 4.69) is 45.7 Å². The molecule has 0 spiro atoms. The van der Waals surface area contributed by atoms with E-state index in [4.69, 9.17) is 15.2 Å². The molecule has 8 atom stereocenters. The first-order valence-corrected chi connectivity index (χ1v) is 23.4. The minimum absolute atomic E-state index is 0.0133. The number of carbonyl (C=O) groups is 6. The average Bonchev–Trinajstić information content (AvgIpc) is 3.19. The molecule has 10 nitrogen and oxygen atoms in total. The Labute approximate surface area is 368 Å². The highest BCUT2D eigenvalue weighted by Crippen LogP contribution is 2.32. The molecule has 344 valence electrons. The van der Waals surface area contributed by atoms with Gasteiger partial charge in [-0.1, -0.05) is 112 Å². The first-order chi connectivity index (χ1) is 28.7. The SMILES string of the molecule is C=C1CC[C@H]([C@@H](N)CC(=O)N[C@H](C(=O)CCCC[C@@H](CC(C)C)C(=O)OC)[C@@H](C)CC)Cc2cccc(c2)C(C)[C@H](OC(=O)[C@@H](CCCC(=O)CC(C)C)CC(C)C)C(=O)C1. The van der Waals surface area contributed by atoms with Crippen molar-refractivity contribution in [3.8, 4) is 0 Å². The number of nitrogens with one attached hydrogen (secondary N) is 1. The van der Waals surface area contributed by atoms with Crippen LogP contribution in [0.1, 0.15) is 176 Å². The molecule has 61 heavy (non-hydrogen) atoms. The summed E-state index contributed by atoms with van der Waals surface area (Å²) in [5.41, 5.74) is 9.44. The fourth-order valence-electron chi connectivity index (χ4n) is 8.75. The number of hydrogen-bond donors (Lipinski definition) is 2. The van der Waals surface area contributed by atoms with Gasteiger partial charge in [0.1, 0.15) is 5.78 Å². The number of allylic oxidation sites excluding steroid dienone is 1. The summed E-state index contributed by atoms with van der Waals surface area (Å²) in [6, 6.07) is 6.83. The van der Waals surface area contributed by atoms with Crippen molar-refractivity contribution in [2.75, 3.05) is 7.11 Å². The topological polar surface area (TPSA) is 159 Å². The number of hydrogen-bond acceptors (Lipinski definition) is 9. The van der Waals surface area contributed by atoms with E-state index in [1.54, 1.807) is 0 Å². The molecule has 1 aliphatic carbocycles. The Balaban J connectivity index is 2.18. The van der Waals surface area contributed by atoms with E-state index < -0.39 is 36.0 Å². The van der Waals surface area contributed by atoms with Gasteiger partial charge in [0, 0.05) is 44.1 Å². The molecule has 0 aliphatic heterocycles. The number of ether oxygens (including phenoxy) is 2. The van der Waals surface area contributed by atoms with Gasteiger partial charge in [0.2, 0.25) is 5.91 Å². The van der Waals surface area contributed by atoms with Crippen molar-refractivity contribution in [2.24, 2.45) is 47.2 Å². The number of methoxy groups -OCH3 is 1. The Bertz CT molecular complexity index is 1580. The minimum atomic E-state index is -0.985. The lowest BCUT2D eigenvalue weighted by molar-refractivity contribution is -0.161. The number of benzene rings is 1. The second-order valence-electron chi connectivity index (χ2n) is 19.5. The van der Waals surface area contributed by atoms with E-state index in [0.29, 0.717) is 82.5 Å². The second-order valence-corrected chi connectivity index (χ2v) is 19.5. The van der Waals surface area contributed by atoms with Crippen LogP contribution in [0.15, 0.2) is 36.4 Å². The number of carbonyl (C=O) groups excluding carboxylic acids is 6. The van der Waals surface area contributed by atoms with Crippen LogP contribution >= 0.6 is 0 Å². The maximum atomic E-state index is 14.0. The van der Waals surface area contributed by atoms with Crippen LogP contribution in [0.2, 0.25) is 0 Å². The van der Waals surface area contributed by atoms with Gasteiger partial charge in [-0.05, 0) is 98.5 Å². The monoisotopic (exact) mass is 851 g/mol. The summed E-state index contributed by atoms with van der Waals surface area (Å²) in [5.74, 6) is -1.16. The maximum absolute atomic E-state index is 14.0. The van der Waals surface area contributed by atoms with Gasteiger partial charge in [0.05, 0.1) is 25.0 Å². The van der Waals surface area contributed by atoms with Crippen molar-refractivity contribution < 1.29 is 38.2 Å². The fourth-order valence-corrected chi connectivity index (χ4v) is 8.75. The van der Waals surface area contributed by atoms with Crippen LogP contribution in [0.4, 0.5) is 0 Å². The van der Waals surface area contributed by atoms with Crippen LogP contribution in [-0.4, -0.2) is 60.5 Å². The molecule has 3 N–H and O–H groups in total. The lowest BCUT2D eigenvalue weighted by Gasteiger charge is -2.29. The van der Waals surface area contributed by atoms with Gasteiger partial charge >= 0.3 is 11.9 Å². The summed E-state index contributed by atoms with van der Waals surface area (Å²) in [5, 5.41) is 3.04. The number of amides is 1. The highest BCUT2D eigenvalue weighted by Gasteiger charge is 2.35. The van der Waals surface area contributed by atoms with E-state index in [0.717, 1.165) is 36.0 Å². The van der Waals surface area contributed by atoms with Gasteiger partial charge in [-0.15, -0.1) is 0 Å². The number of esters is 2. The molecular weight excluding hydrogens is 769 g/mol. The van der Waals surface area contributed by atoms with Crippen molar-refractivity contribution in [3.63, 3.8) is 0 Å². The number of ketones is 3. The Morgan fingerprint density at radius 2 is 1.51 bits per heavy atom. The maximum Gasteiger partial charge on any atom is 0.309 e. The summed E-state index contributed by atoms with van der Waals surface area (Å²) in [6.07, 6.45) is 7.33. The van der Waals surface area contributed by atoms with Gasteiger partial charge < -0.3 is 20.5 Å². The van der Waals surface area contributed by atoms with Crippen LogP contribution < -0.4 is 11.1 Å². The minimum Gasteiger partial charge on any atom is -0.469 e. The Hall–Kier alpha value is -3.66. The van der Waals surface area contributed by atoms with E-state index in [1.807, 2.05) is 52.8 Å².